The number of hydrogen-bond acceptors (Lipinski definition) is 5. The second-order valence-corrected chi connectivity index (χ2v) is 11.7. The maximum atomic E-state index is 13.0. The molecular weight excluding hydrogens is 508 g/mol. The lowest BCUT2D eigenvalue weighted by Crippen LogP contribution is -2.30. The van der Waals surface area contributed by atoms with Gasteiger partial charge in [0.15, 0.2) is 5.78 Å². The molecule has 1 heterocycles. The average molecular weight is 545 g/mol. The Bertz CT molecular complexity index is 1610. The van der Waals surface area contributed by atoms with Crippen molar-refractivity contribution < 1.29 is 9.59 Å². The van der Waals surface area contributed by atoms with Gasteiger partial charge >= 0.3 is 0 Å². The third-order valence-electron chi connectivity index (χ3n) is 8.03. The molecule has 6 heteroatoms. The normalized spacial score (nSPS) is 15.0. The SMILES string of the molecule is C#CC(=O)C(C)(C)[C@H](C1=C(Cc2cn(CC)nn2)[CH]1)c1ccc(C)c(CN(C)Cc2cccc(C(=O)C3=C[CH]3)c2)c1. The number of rotatable bonds is 13. The third-order valence-corrected chi connectivity index (χ3v) is 8.03. The van der Waals surface area contributed by atoms with Gasteiger partial charge in [-0.1, -0.05) is 72.7 Å². The molecule has 0 fully saturated rings. The maximum absolute atomic E-state index is 13.0. The van der Waals surface area contributed by atoms with Crippen LogP contribution >= 0.6 is 0 Å². The molecule has 0 aliphatic heterocycles. The summed E-state index contributed by atoms with van der Waals surface area (Å²) in [6, 6.07) is 14.3. The van der Waals surface area contributed by atoms with Crippen LogP contribution in [0.3, 0.4) is 0 Å². The van der Waals surface area contributed by atoms with Gasteiger partial charge in [0.2, 0.25) is 5.78 Å². The molecule has 41 heavy (non-hydrogen) atoms. The summed E-state index contributed by atoms with van der Waals surface area (Å²) < 4.78 is 1.82. The van der Waals surface area contributed by atoms with Crippen LogP contribution in [0.15, 0.2) is 71.5 Å². The highest BCUT2D eigenvalue weighted by atomic mass is 16.1. The Kier molecular flexibility index (Phi) is 7.93. The lowest BCUT2D eigenvalue weighted by molar-refractivity contribution is -0.121. The molecule has 5 rings (SSSR count). The van der Waals surface area contributed by atoms with Crippen molar-refractivity contribution in [3.63, 3.8) is 0 Å². The lowest BCUT2D eigenvalue weighted by Gasteiger charge is -2.31. The van der Waals surface area contributed by atoms with E-state index in [2.05, 4.69) is 65.8 Å². The van der Waals surface area contributed by atoms with Gasteiger partial charge in [0.05, 0.1) is 5.69 Å². The van der Waals surface area contributed by atoms with Crippen LogP contribution in [0, 0.1) is 37.5 Å². The number of terminal acetylenes is 1. The number of ketones is 2. The van der Waals surface area contributed by atoms with Crippen LogP contribution in [0.4, 0.5) is 0 Å². The van der Waals surface area contributed by atoms with Gasteiger partial charge in [-0.15, -0.1) is 11.5 Å². The molecule has 0 saturated carbocycles. The van der Waals surface area contributed by atoms with Crippen LogP contribution in [0.1, 0.15) is 65.0 Å². The minimum Gasteiger partial charge on any atom is -0.298 e. The molecule has 3 aromatic rings. The molecule has 0 unspecified atom stereocenters. The first-order valence-electron chi connectivity index (χ1n) is 14.0. The Hall–Kier alpha value is -4.08. The van der Waals surface area contributed by atoms with Crippen molar-refractivity contribution in [2.75, 3.05) is 7.05 Å². The summed E-state index contributed by atoms with van der Waals surface area (Å²) in [5, 5.41) is 8.46. The lowest BCUT2D eigenvalue weighted by atomic mass is 9.70. The highest BCUT2D eigenvalue weighted by Crippen LogP contribution is 2.52. The summed E-state index contributed by atoms with van der Waals surface area (Å²) in [4.78, 5) is 27.7. The number of Topliss-reactive ketones (excluding diaryl/α,β-unsaturated/α-hetero) is 2. The fraction of sp³-hybridized carbons (Fsp3) is 0.314. The van der Waals surface area contributed by atoms with Crippen molar-refractivity contribution in [1.29, 1.82) is 0 Å². The minimum absolute atomic E-state index is 0.0776. The van der Waals surface area contributed by atoms with Crippen LogP contribution in [0.5, 0.6) is 0 Å². The predicted molar refractivity (Wildman–Crippen MR) is 161 cm³/mol. The van der Waals surface area contributed by atoms with Crippen LogP contribution < -0.4 is 0 Å². The van der Waals surface area contributed by atoms with Crippen molar-refractivity contribution in [3.8, 4) is 12.3 Å². The summed E-state index contributed by atoms with van der Waals surface area (Å²) in [6.07, 6.45) is 14.1. The number of allylic oxidation sites excluding steroid dienone is 4. The summed E-state index contributed by atoms with van der Waals surface area (Å²) >= 11 is 0. The van der Waals surface area contributed by atoms with Gasteiger partial charge < -0.3 is 0 Å². The zero-order valence-electron chi connectivity index (χ0n) is 24.4. The van der Waals surface area contributed by atoms with Crippen LogP contribution in [0.2, 0.25) is 0 Å². The van der Waals surface area contributed by atoms with E-state index < -0.39 is 5.41 Å². The van der Waals surface area contributed by atoms with Crippen molar-refractivity contribution in [1.82, 2.24) is 19.9 Å². The molecule has 0 bridgehead atoms. The molecule has 2 aliphatic carbocycles. The summed E-state index contributed by atoms with van der Waals surface area (Å²) in [5.41, 5.74) is 8.52. The van der Waals surface area contributed by atoms with Gasteiger partial charge in [-0.3, -0.25) is 19.2 Å². The summed E-state index contributed by atoms with van der Waals surface area (Å²) in [7, 11) is 2.08. The first kappa shape index (κ1) is 28.4. The highest BCUT2D eigenvalue weighted by Gasteiger charge is 2.44. The van der Waals surface area contributed by atoms with Gasteiger partial charge in [0, 0.05) is 67.6 Å². The number of benzene rings is 2. The molecule has 6 nitrogen and oxygen atoms in total. The fourth-order valence-corrected chi connectivity index (χ4v) is 5.52. The van der Waals surface area contributed by atoms with E-state index in [4.69, 9.17) is 6.42 Å². The smallest absolute Gasteiger partial charge is 0.211 e. The minimum atomic E-state index is -0.775. The van der Waals surface area contributed by atoms with Crippen molar-refractivity contribution in [3.05, 3.63) is 118 Å². The zero-order valence-corrected chi connectivity index (χ0v) is 24.4. The zero-order chi connectivity index (χ0) is 29.3. The van der Waals surface area contributed by atoms with Gasteiger partial charge in [-0.25, -0.2) is 0 Å². The standard InChI is InChI=1S/C35H36N4O2/c1-7-32(40)35(4,5)33(31-19-28(31)18-30-22-39(8-2)37-36-30)26-13-12-23(3)29(17-26)21-38(6)20-24-10-9-11-27(16-24)34(41)25-14-15-25/h1,9-17,19,22,33H,8,18,20-21H2,2-6H3/t33-/m0/s1. The first-order chi connectivity index (χ1) is 19.6. The Balaban J connectivity index is 1.38. The highest BCUT2D eigenvalue weighted by molar-refractivity contribution is 6.14. The Morgan fingerprint density at radius 3 is 2.61 bits per heavy atom. The molecule has 2 aliphatic rings. The number of hydrogen-bond donors (Lipinski definition) is 0. The monoisotopic (exact) mass is 544 g/mol. The molecule has 208 valence electrons. The summed E-state index contributed by atoms with van der Waals surface area (Å²) in [6.45, 7) is 10.2. The average Bonchev–Trinajstić information content (AvgIpc) is 3.88. The second kappa shape index (κ2) is 11.4. The van der Waals surface area contributed by atoms with E-state index in [9.17, 15) is 9.59 Å². The van der Waals surface area contributed by atoms with Crippen molar-refractivity contribution in [2.45, 2.75) is 59.7 Å². The molecule has 0 spiro atoms. The van der Waals surface area contributed by atoms with E-state index in [-0.39, 0.29) is 17.5 Å². The van der Waals surface area contributed by atoms with E-state index in [1.165, 1.54) is 16.7 Å². The van der Waals surface area contributed by atoms with Crippen LogP contribution in [-0.2, 0) is 30.8 Å². The molecule has 1 aromatic heterocycles. The molecule has 1 atom stereocenters. The maximum Gasteiger partial charge on any atom is 0.211 e. The number of nitrogens with zero attached hydrogens (tertiary/aromatic N) is 4. The van der Waals surface area contributed by atoms with Crippen LogP contribution in [-0.4, -0.2) is 38.5 Å². The van der Waals surface area contributed by atoms with Gasteiger partial charge in [-0.05, 0) is 55.1 Å². The van der Waals surface area contributed by atoms with Gasteiger partial charge in [0.1, 0.15) is 0 Å². The second-order valence-electron chi connectivity index (χ2n) is 11.7. The van der Waals surface area contributed by atoms with E-state index in [1.807, 2.05) is 62.3 Å². The van der Waals surface area contributed by atoms with Crippen LogP contribution in [0.25, 0.3) is 0 Å². The quantitative estimate of drug-likeness (QED) is 0.158. The van der Waals surface area contributed by atoms with E-state index in [0.29, 0.717) is 13.0 Å². The van der Waals surface area contributed by atoms with Crippen molar-refractivity contribution >= 4 is 11.6 Å². The summed E-state index contributed by atoms with van der Waals surface area (Å²) in [5.74, 6) is 2.09. The topological polar surface area (TPSA) is 68.1 Å². The molecule has 0 saturated heterocycles. The number of aromatic nitrogens is 3. The Morgan fingerprint density at radius 1 is 1.15 bits per heavy atom. The molecule has 0 amide bonds. The largest absolute Gasteiger partial charge is 0.298 e. The third kappa shape index (κ3) is 6.31. The molecule has 0 N–H and O–H groups in total. The molecule has 2 aromatic carbocycles. The van der Waals surface area contributed by atoms with E-state index in [1.54, 1.807) is 0 Å². The number of aryl methyl sites for hydroxylation is 2. The number of carbonyl (C=O) groups excluding carboxylic acids is 2. The fourth-order valence-electron chi connectivity index (χ4n) is 5.52. The van der Waals surface area contributed by atoms with Gasteiger partial charge in [0.25, 0.3) is 0 Å². The van der Waals surface area contributed by atoms with Gasteiger partial charge in [-0.2, -0.15) is 0 Å². The number of carbonyl (C=O) groups is 2. The Labute approximate surface area is 243 Å². The van der Waals surface area contributed by atoms with E-state index >= 15 is 0 Å². The predicted octanol–water partition coefficient (Wildman–Crippen LogP) is 5.63. The van der Waals surface area contributed by atoms with Crippen molar-refractivity contribution in [2.24, 2.45) is 5.41 Å². The Morgan fingerprint density at radius 2 is 1.93 bits per heavy atom. The van der Waals surface area contributed by atoms with E-state index in [0.717, 1.165) is 46.6 Å². The molecular formula is C35H36N4O2. The molecule has 2 radical (unpaired) electrons. The first-order valence-corrected chi connectivity index (χ1v) is 14.0.